The molecule has 0 spiro atoms. The average molecular weight is 464 g/mol. The first-order valence-corrected chi connectivity index (χ1v) is 12.2. The predicted molar refractivity (Wildman–Crippen MR) is 129 cm³/mol. The number of fused-ring (bicyclic) bond motifs is 1. The Morgan fingerprint density at radius 2 is 1.76 bits per heavy atom. The molecule has 180 valence electrons. The second-order valence-corrected chi connectivity index (χ2v) is 9.81. The minimum Gasteiger partial charge on any atom is -0.454 e. The van der Waals surface area contributed by atoms with Crippen molar-refractivity contribution in [1.82, 2.24) is 15.1 Å². The summed E-state index contributed by atoms with van der Waals surface area (Å²) >= 11 is 0. The summed E-state index contributed by atoms with van der Waals surface area (Å²) in [6, 6.07) is 11.9. The molecule has 34 heavy (non-hydrogen) atoms. The molecule has 7 nitrogen and oxygen atoms in total. The maximum atomic E-state index is 13.6. The van der Waals surface area contributed by atoms with Crippen molar-refractivity contribution >= 4 is 11.9 Å². The number of amides is 3. The average Bonchev–Trinajstić information content (AvgIpc) is 3.40. The van der Waals surface area contributed by atoms with E-state index in [9.17, 15) is 9.59 Å². The minimum atomic E-state index is -0.821. The maximum Gasteiger partial charge on any atom is 0.325 e. The summed E-state index contributed by atoms with van der Waals surface area (Å²) in [5.74, 6) is 1.37. The highest BCUT2D eigenvalue weighted by Crippen LogP contribution is 2.38. The number of benzene rings is 2. The van der Waals surface area contributed by atoms with Crippen molar-refractivity contribution in [1.29, 1.82) is 0 Å². The summed E-state index contributed by atoms with van der Waals surface area (Å²) in [6.45, 7) is 9.49. The Morgan fingerprint density at radius 1 is 1.00 bits per heavy atom. The summed E-state index contributed by atoms with van der Waals surface area (Å²) < 4.78 is 10.8. The van der Waals surface area contributed by atoms with Crippen LogP contribution in [0.1, 0.15) is 48.4 Å². The van der Waals surface area contributed by atoms with Crippen LogP contribution in [-0.2, 0) is 17.9 Å². The van der Waals surface area contributed by atoms with Gasteiger partial charge >= 0.3 is 6.03 Å². The third-order valence-corrected chi connectivity index (χ3v) is 7.72. The van der Waals surface area contributed by atoms with Crippen molar-refractivity contribution in [2.24, 2.45) is 5.92 Å². The third kappa shape index (κ3) is 4.02. The van der Waals surface area contributed by atoms with Crippen LogP contribution in [-0.4, -0.2) is 47.2 Å². The molecule has 2 fully saturated rings. The lowest BCUT2D eigenvalue weighted by molar-refractivity contribution is -0.134. The van der Waals surface area contributed by atoms with Gasteiger partial charge in [0.15, 0.2) is 11.5 Å². The molecule has 2 saturated heterocycles. The van der Waals surface area contributed by atoms with Gasteiger partial charge in [-0.05, 0) is 80.9 Å². The third-order valence-electron chi connectivity index (χ3n) is 7.72. The normalized spacial score (nSPS) is 23.0. The van der Waals surface area contributed by atoms with Crippen molar-refractivity contribution < 1.29 is 19.1 Å². The van der Waals surface area contributed by atoms with Gasteiger partial charge in [-0.3, -0.25) is 14.6 Å². The standard InChI is InChI=1S/C27H33N3O4/c1-4-27(22-9-11-29(12-10-22)16-21-13-18(2)5-6-19(21)3)25(31)30(26(32)28-27)15-20-7-8-23-24(14-20)34-17-33-23/h5-8,13-14,22H,4,9-12,15-17H2,1-3H3,(H,28,32)/t27-/m1/s1. The fourth-order valence-corrected chi connectivity index (χ4v) is 5.61. The second kappa shape index (κ2) is 8.95. The summed E-state index contributed by atoms with van der Waals surface area (Å²) in [7, 11) is 0. The Morgan fingerprint density at radius 3 is 2.53 bits per heavy atom. The number of piperidine rings is 1. The number of imide groups is 1. The number of aryl methyl sites for hydroxylation is 2. The monoisotopic (exact) mass is 463 g/mol. The molecule has 0 saturated carbocycles. The van der Waals surface area contributed by atoms with E-state index in [1.54, 1.807) is 0 Å². The highest BCUT2D eigenvalue weighted by molar-refractivity contribution is 6.07. The number of ether oxygens (including phenoxy) is 2. The molecular formula is C27H33N3O4. The molecule has 0 aromatic heterocycles. The summed E-state index contributed by atoms with van der Waals surface area (Å²) in [5, 5.41) is 3.10. The van der Waals surface area contributed by atoms with Crippen molar-refractivity contribution in [2.45, 2.75) is 58.7 Å². The number of carbonyl (C=O) groups is 2. The number of nitrogens with zero attached hydrogens (tertiary/aromatic N) is 2. The van der Waals surface area contributed by atoms with E-state index in [-0.39, 0.29) is 31.2 Å². The van der Waals surface area contributed by atoms with E-state index in [1.165, 1.54) is 21.6 Å². The van der Waals surface area contributed by atoms with E-state index in [0.717, 1.165) is 38.0 Å². The lowest BCUT2D eigenvalue weighted by atomic mass is 9.75. The molecule has 2 aromatic carbocycles. The molecule has 7 heteroatoms. The van der Waals surface area contributed by atoms with Gasteiger partial charge in [0.1, 0.15) is 5.54 Å². The second-order valence-electron chi connectivity index (χ2n) is 9.81. The minimum absolute atomic E-state index is 0.106. The molecule has 0 aliphatic carbocycles. The molecule has 5 rings (SSSR count). The highest BCUT2D eigenvalue weighted by atomic mass is 16.7. The fourth-order valence-electron chi connectivity index (χ4n) is 5.61. The molecule has 0 bridgehead atoms. The molecule has 3 heterocycles. The fraction of sp³-hybridized carbons (Fsp3) is 0.481. The number of urea groups is 1. The quantitative estimate of drug-likeness (QED) is 0.652. The molecule has 1 atom stereocenters. The summed E-state index contributed by atoms with van der Waals surface area (Å²) in [6.07, 6.45) is 2.38. The first kappa shape index (κ1) is 22.7. The van der Waals surface area contributed by atoms with Crippen LogP contribution >= 0.6 is 0 Å². The van der Waals surface area contributed by atoms with Gasteiger partial charge < -0.3 is 14.8 Å². The SMILES string of the molecule is CC[C@]1(C2CCN(Cc3cc(C)ccc3C)CC2)NC(=O)N(Cc2ccc3c(c2)OCO3)C1=O. The van der Waals surface area contributed by atoms with E-state index >= 15 is 0 Å². The summed E-state index contributed by atoms with van der Waals surface area (Å²) in [4.78, 5) is 30.4. The molecule has 1 N–H and O–H groups in total. The number of hydrogen-bond donors (Lipinski definition) is 1. The maximum absolute atomic E-state index is 13.6. The zero-order chi connectivity index (χ0) is 23.9. The van der Waals surface area contributed by atoms with Crippen LogP contribution in [0.2, 0.25) is 0 Å². The molecule has 2 aromatic rings. The molecule has 3 aliphatic heterocycles. The Labute approximate surface area is 201 Å². The van der Waals surface area contributed by atoms with Gasteiger partial charge in [0, 0.05) is 6.54 Å². The van der Waals surface area contributed by atoms with Crippen molar-refractivity contribution in [3.63, 3.8) is 0 Å². The van der Waals surface area contributed by atoms with Crippen molar-refractivity contribution in [2.75, 3.05) is 19.9 Å². The molecule has 3 aliphatic rings. The van der Waals surface area contributed by atoms with Crippen LogP contribution < -0.4 is 14.8 Å². The largest absolute Gasteiger partial charge is 0.454 e. The first-order valence-electron chi connectivity index (χ1n) is 12.2. The number of rotatable bonds is 6. The first-order chi connectivity index (χ1) is 16.4. The van der Waals surface area contributed by atoms with E-state index < -0.39 is 5.54 Å². The van der Waals surface area contributed by atoms with Crippen molar-refractivity contribution in [3.8, 4) is 11.5 Å². The highest BCUT2D eigenvalue weighted by Gasteiger charge is 2.54. The van der Waals surface area contributed by atoms with Crippen LogP contribution in [0.5, 0.6) is 11.5 Å². The number of carbonyl (C=O) groups excluding carboxylic acids is 2. The van der Waals surface area contributed by atoms with E-state index in [2.05, 4.69) is 42.3 Å². The predicted octanol–water partition coefficient (Wildman–Crippen LogP) is 4.14. The van der Waals surface area contributed by atoms with Crippen molar-refractivity contribution in [3.05, 3.63) is 58.7 Å². The van der Waals surface area contributed by atoms with E-state index in [4.69, 9.17) is 9.47 Å². The van der Waals surface area contributed by atoms with Gasteiger partial charge in [-0.1, -0.05) is 36.8 Å². The Kier molecular flexibility index (Phi) is 5.98. The zero-order valence-corrected chi connectivity index (χ0v) is 20.2. The molecule has 0 radical (unpaired) electrons. The molecule has 0 unspecified atom stereocenters. The van der Waals surface area contributed by atoms with E-state index in [0.29, 0.717) is 17.9 Å². The van der Waals surface area contributed by atoms with Gasteiger partial charge in [-0.2, -0.15) is 0 Å². The topological polar surface area (TPSA) is 71.1 Å². The van der Waals surface area contributed by atoms with Gasteiger partial charge in [-0.15, -0.1) is 0 Å². The lowest BCUT2D eigenvalue weighted by Crippen LogP contribution is -2.55. The number of nitrogens with one attached hydrogen (secondary N) is 1. The van der Waals surface area contributed by atoms with Gasteiger partial charge in [-0.25, -0.2) is 4.79 Å². The van der Waals surface area contributed by atoms with Crippen LogP contribution in [0.4, 0.5) is 4.79 Å². The van der Waals surface area contributed by atoms with Gasteiger partial charge in [0.25, 0.3) is 5.91 Å². The number of likely N-dealkylation sites (tertiary alicyclic amines) is 1. The van der Waals surface area contributed by atoms with Crippen LogP contribution in [0.15, 0.2) is 36.4 Å². The van der Waals surface area contributed by atoms with Crippen LogP contribution in [0, 0.1) is 19.8 Å². The van der Waals surface area contributed by atoms with Gasteiger partial charge in [0.2, 0.25) is 6.79 Å². The lowest BCUT2D eigenvalue weighted by Gasteiger charge is -2.40. The van der Waals surface area contributed by atoms with E-state index in [1.807, 2.05) is 25.1 Å². The Balaban J connectivity index is 1.26. The van der Waals surface area contributed by atoms with Crippen LogP contribution in [0.25, 0.3) is 0 Å². The van der Waals surface area contributed by atoms with Crippen LogP contribution in [0.3, 0.4) is 0 Å². The van der Waals surface area contributed by atoms with Gasteiger partial charge in [0.05, 0.1) is 6.54 Å². The Bertz CT molecular complexity index is 1110. The number of hydrogen-bond acceptors (Lipinski definition) is 5. The molecular weight excluding hydrogens is 430 g/mol. The smallest absolute Gasteiger partial charge is 0.325 e. The summed E-state index contributed by atoms with van der Waals surface area (Å²) in [5.41, 5.74) is 3.99. The Hall–Kier alpha value is -3.06. The molecule has 3 amide bonds. The zero-order valence-electron chi connectivity index (χ0n) is 20.2.